The van der Waals surface area contributed by atoms with Crippen molar-refractivity contribution >= 4 is 28.6 Å². The molecule has 0 N–H and O–H groups in total. The zero-order chi connectivity index (χ0) is 17.3. The van der Waals surface area contributed by atoms with Crippen molar-refractivity contribution in [3.8, 4) is 0 Å². The molecule has 0 spiro atoms. The molecule has 5 heteroatoms. The minimum atomic E-state index is -0.608. The Balaban J connectivity index is 1.80. The number of carbonyl (C=O) groups excluding carboxylic acids is 3. The van der Waals surface area contributed by atoms with Crippen molar-refractivity contribution in [1.82, 2.24) is 5.06 Å². The van der Waals surface area contributed by atoms with Crippen LogP contribution >= 0.6 is 0 Å². The van der Waals surface area contributed by atoms with Crippen LogP contribution < -0.4 is 0 Å². The maximum atomic E-state index is 12.3. The van der Waals surface area contributed by atoms with E-state index in [1.807, 2.05) is 24.3 Å². The van der Waals surface area contributed by atoms with Crippen LogP contribution in [0.25, 0.3) is 10.8 Å². The number of hydrogen-bond acceptors (Lipinski definition) is 4. The highest BCUT2D eigenvalue weighted by Crippen LogP contribution is 2.25. The van der Waals surface area contributed by atoms with E-state index in [0.29, 0.717) is 5.06 Å². The van der Waals surface area contributed by atoms with Crippen LogP contribution in [-0.2, 0) is 25.6 Å². The highest BCUT2D eigenvalue weighted by atomic mass is 16.7. The number of imide groups is 1. The molecule has 2 aromatic rings. The molecule has 0 aliphatic carbocycles. The lowest BCUT2D eigenvalue weighted by atomic mass is 9.97. The molecule has 0 aromatic heterocycles. The Labute approximate surface area is 140 Å². The summed E-state index contributed by atoms with van der Waals surface area (Å²) in [5.41, 5.74) is 2.05. The second-order valence-electron chi connectivity index (χ2n) is 6.01. The molecule has 1 atom stereocenters. The molecule has 0 saturated carbocycles. The summed E-state index contributed by atoms with van der Waals surface area (Å²) in [6.45, 7) is 3.81. The molecule has 1 aliphatic heterocycles. The Kier molecular flexibility index (Phi) is 4.34. The second-order valence-corrected chi connectivity index (χ2v) is 6.01. The van der Waals surface area contributed by atoms with Crippen LogP contribution in [-0.4, -0.2) is 22.8 Å². The first-order valence-electron chi connectivity index (χ1n) is 8.09. The number of amides is 2. The molecular weight excluding hydrogens is 306 g/mol. The lowest BCUT2D eigenvalue weighted by Gasteiger charge is -2.17. The quantitative estimate of drug-likeness (QED) is 0.810. The Bertz CT molecular complexity index is 811. The lowest BCUT2D eigenvalue weighted by Crippen LogP contribution is -2.33. The first-order valence-corrected chi connectivity index (χ1v) is 8.09. The van der Waals surface area contributed by atoms with Crippen molar-refractivity contribution in [3.05, 3.63) is 47.5 Å². The zero-order valence-corrected chi connectivity index (χ0v) is 13.7. The average Bonchev–Trinajstić information content (AvgIpc) is 2.92. The van der Waals surface area contributed by atoms with Gasteiger partial charge in [-0.25, -0.2) is 4.79 Å². The number of hydrogen-bond donors (Lipinski definition) is 0. The van der Waals surface area contributed by atoms with E-state index >= 15 is 0 Å². The number of nitrogens with zero attached hydrogens (tertiary/aromatic N) is 1. The number of rotatable bonds is 4. The van der Waals surface area contributed by atoms with Gasteiger partial charge in [-0.15, -0.1) is 5.06 Å². The van der Waals surface area contributed by atoms with E-state index < -0.39 is 23.7 Å². The van der Waals surface area contributed by atoms with Crippen molar-refractivity contribution in [1.29, 1.82) is 0 Å². The minimum Gasteiger partial charge on any atom is -0.330 e. The van der Waals surface area contributed by atoms with Crippen molar-refractivity contribution in [2.75, 3.05) is 0 Å². The molecule has 1 aliphatic rings. The number of aryl methyl sites for hydroxylation is 1. The Morgan fingerprint density at radius 3 is 2.38 bits per heavy atom. The normalized spacial score (nSPS) is 15.8. The highest BCUT2D eigenvalue weighted by Gasteiger charge is 2.34. The van der Waals surface area contributed by atoms with Gasteiger partial charge in [0.05, 0.1) is 5.92 Å². The van der Waals surface area contributed by atoms with Gasteiger partial charge in [-0.3, -0.25) is 9.59 Å². The predicted octanol–water partition coefficient (Wildman–Crippen LogP) is 3.11. The molecule has 2 aromatic carbocycles. The summed E-state index contributed by atoms with van der Waals surface area (Å²) >= 11 is 0. The van der Waals surface area contributed by atoms with Gasteiger partial charge < -0.3 is 4.84 Å². The highest BCUT2D eigenvalue weighted by molar-refractivity contribution is 6.01. The summed E-state index contributed by atoms with van der Waals surface area (Å²) in [4.78, 5) is 40.3. The van der Waals surface area contributed by atoms with E-state index in [0.717, 1.165) is 22.8 Å². The van der Waals surface area contributed by atoms with Crippen LogP contribution in [0.4, 0.5) is 0 Å². The molecule has 0 bridgehead atoms. The summed E-state index contributed by atoms with van der Waals surface area (Å²) in [5.74, 6) is -2.11. The second kappa shape index (κ2) is 6.43. The van der Waals surface area contributed by atoms with E-state index in [1.165, 1.54) is 5.56 Å². The standard InChI is InChI=1S/C19H19NO4/c1-3-13-4-5-16-11-14(6-7-15(16)10-13)12(2)19(23)24-20-17(21)8-9-18(20)22/h4-7,10-12H,3,8-9H2,1-2H3/t12-/m0/s1. The molecule has 24 heavy (non-hydrogen) atoms. The van der Waals surface area contributed by atoms with Crippen LogP contribution in [0.2, 0.25) is 0 Å². The molecule has 3 rings (SSSR count). The van der Waals surface area contributed by atoms with Gasteiger partial charge in [0.2, 0.25) is 0 Å². The predicted molar refractivity (Wildman–Crippen MR) is 88.9 cm³/mol. The molecular formula is C19H19NO4. The van der Waals surface area contributed by atoms with E-state index in [4.69, 9.17) is 4.84 Å². The third-order valence-electron chi connectivity index (χ3n) is 4.38. The fraction of sp³-hybridized carbons (Fsp3) is 0.316. The fourth-order valence-electron chi connectivity index (χ4n) is 2.77. The number of benzene rings is 2. The van der Waals surface area contributed by atoms with Gasteiger partial charge in [0.15, 0.2) is 0 Å². The molecule has 1 heterocycles. The van der Waals surface area contributed by atoms with Crippen LogP contribution in [0, 0.1) is 0 Å². The molecule has 0 unspecified atom stereocenters. The van der Waals surface area contributed by atoms with Gasteiger partial charge in [-0.1, -0.05) is 43.3 Å². The third-order valence-corrected chi connectivity index (χ3v) is 4.38. The van der Waals surface area contributed by atoms with E-state index in [-0.39, 0.29) is 12.8 Å². The summed E-state index contributed by atoms with van der Waals surface area (Å²) < 4.78 is 0. The number of hydroxylamine groups is 2. The minimum absolute atomic E-state index is 0.0935. The summed E-state index contributed by atoms with van der Waals surface area (Å²) in [5, 5.41) is 2.74. The van der Waals surface area contributed by atoms with Gasteiger partial charge in [0.25, 0.3) is 11.8 Å². The van der Waals surface area contributed by atoms with Gasteiger partial charge in [-0.05, 0) is 35.2 Å². The van der Waals surface area contributed by atoms with Gasteiger partial charge in [0.1, 0.15) is 0 Å². The van der Waals surface area contributed by atoms with Crippen molar-refractivity contribution in [2.45, 2.75) is 39.0 Å². The zero-order valence-electron chi connectivity index (χ0n) is 13.7. The van der Waals surface area contributed by atoms with Crippen LogP contribution in [0.3, 0.4) is 0 Å². The van der Waals surface area contributed by atoms with E-state index in [2.05, 4.69) is 19.1 Å². The Hall–Kier alpha value is -2.69. The van der Waals surface area contributed by atoms with Crippen molar-refractivity contribution < 1.29 is 19.2 Å². The van der Waals surface area contributed by atoms with Gasteiger partial charge in [-0.2, -0.15) is 0 Å². The van der Waals surface area contributed by atoms with Crippen molar-refractivity contribution in [3.63, 3.8) is 0 Å². The fourth-order valence-corrected chi connectivity index (χ4v) is 2.77. The summed E-state index contributed by atoms with van der Waals surface area (Å²) in [6.07, 6.45) is 1.16. The van der Waals surface area contributed by atoms with Crippen LogP contribution in [0.1, 0.15) is 43.7 Å². The van der Waals surface area contributed by atoms with E-state index in [9.17, 15) is 14.4 Å². The first-order chi connectivity index (χ1) is 11.5. The SMILES string of the molecule is CCc1ccc2cc([C@H](C)C(=O)ON3C(=O)CCC3=O)ccc2c1. The summed E-state index contributed by atoms with van der Waals surface area (Å²) in [6, 6.07) is 12.0. The molecule has 5 nitrogen and oxygen atoms in total. The largest absolute Gasteiger partial charge is 0.340 e. The summed E-state index contributed by atoms with van der Waals surface area (Å²) in [7, 11) is 0. The maximum absolute atomic E-state index is 12.3. The molecule has 1 fully saturated rings. The molecule has 0 radical (unpaired) electrons. The molecule has 124 valence electrons. The maximum Gasteiger partial charge on any atom is 0.340 e. The molecule has 1 saturated heterocycles. The Morgan fingerprint density at radius 1 is 1.08 bits per heavy atom. The van der Waals surface area contributed by atoms with Gasteiger partial charge >= 0.3 is 5.97 Å². The average molecular weight is 325 g/mol. The van der Waals surface area contributed by atoms with Crippen LogP contribution in [0.5, 0.6) is 0 Å². The monoisotopic (exact) mass is 325 g/mol. The van der Waals surface area contributed by atoms with E-state index in [1.54, 1.807) is 6.92 Å². The van der Waals surface area contributed by atoms with Crippen LogP contribution in [0.15, 0.2) is 36.4 Å². The Morgan fingerprint density at radius 2 is 1.71 bits per heavy atom. The topological polar surface area (TPSA) is 63.7 Å². The number of fused-ring (bicyclic) bond motifs is 1. The van der Waals surface area contributed by atoms with Crippen molar-refractivity contribution in [2.24, 2.45) is 0 Å². The lowest BCUT2D eigenvalue weighted by molar-refractivity contribution is -0.198. The smallest absolute Gasteiger partial charge is 0.330 e. The number of carbonyl (C=O) groups is 3. The van der Waals surface area contributed by atoms with Gasteiger partial charge in [0, 0.05) is 12.8 Å². The first kappa shape index (κ1) is 16.2. The molecule has 2 amide bonds. The third kappa shape index (κ3) is 3.02.